The Labute approximate surface area is 105 Å². The van der Waals surface area contributed by atoms with E-state index in [1.807, 2.05) is 0 Å². The second kappa shape index (κ2) is 4.75. The van der Waals surface area contributed by atoms with Gasteiger partial charge in [-0.3, -0.25) is 4.79 Å². The van der Waals surface area contributed by atoms with Crippen LogP contribution in [0.5, 0.6) is 5.75 Å². The molecule has 0 spiro atoms. The normalized spacial score (nSPS) is 11.4. The highest BCUT2D eigenvalue weighted by atomic mass is 19.4. The van der Waals surface area contributed by atoms with Gasteiger partial charge in [-0.05, 0) is 19.1 Å². The highest BCUT2D eigenvalue weighted by Gasteiger charge is 2.32. The van der Waals surface area contributed by atoms with Crippen LogP contribution in [0.15, 0.2) is 35.4 Å². The Morgan fingerprint density at radius 2 is 1.95 bits per heavy atom. The van der Waals surface area contributed by atoms with Gasteiger partial charge in [0, 0.05) is 11.1 Å². The van der Waals surface area contributed by atoms with Crippen LogP contribution in [0.4, 0.5) is 13.2 Å². The molecule has 0 bridgehead atoms. The molecule has 0 aliphatic heterocycles. The van der Waals surface area contributed by atoms with Gasteiger partial charge in [-0.2, -0.15) is 0 Å². The number of aromatic nitrogens is 2. The van der Waals surface area contributed by atoms with Gasteiger partial charge in [-0.15, -0.1) is 13.2 Å². The van der Waals surface area contributed by atoms with Crippen molar-refractivity contribution >= 4 is 0 Å². The first-order chi connectivity index (χ1) is 8.88. The Hall–Kier alpha value is -2.31. The van der Waals surface area contributed by atoms with E-state index >= 15 is 0 Å². The van der Waals surface area contributed by atoms with Gasteiger partial charge in [0.2, 0.25) is 0 Å². The first-order valence-electron chi connectivity index (χ1n) is 5.28. The molecule has 0 saturated carbocycles. The van der Waals surface area contributed by atoms with Crippen molar-refractivity contribution in [2.24, 2.45) is 0 Å². The zero-order valence-corrected chi connectivity index (χ0v) is 9.78. The molecule has 0 saturated heterocycles. The summed E-state index contributed by atoms with van der Waals surface area (Å²) >= 11 is 0. The number of rotatable bonds is 2. The molecule has 0 radical (unpaired) electrons. The molecule has 0 aliphatic rings. The molecule has 2 rings (SSSR count). The van der Waals surface area contributed by atoms with Crippen LogP contribution < -0.4 is 10.3 Å². The van der Waals surface area contributed by atoms with Gasteiger partial charge < -0.3 is 9.72 Å². The molecule has 2 aromatic rings. The van der Waals surface area contributed by atoms with Gasteiger partial charge in [0.1, 0.15) is 5.75 Å². The molecular weight excluding hydrogens is 261 g/mol. The first-order valence-corrected chi connectivity index (χ1v) is 5.28. The topological polar surface area (TPSA) is 55.0 Å². The molecule has 1 aromatic carbocycles. The minimum Gasteiger partial charge on any atom is -0.405 e. The number of ether oxygens (including phenoxy) is 1. The summed E-state index contributed by atoms with van der Waals surface area (Å²) in [6.07, 6.45) is -3.67. The number of hydrogen-bond donors (Lipinski definition) is 1. The number of benzene rings is 1. The summed E-state index contributed by atoms with van der Waals surface area (Å²) in [5.41, 5.74) is 0.0829. The summed E-state index contributed by atoms with van der Waals surface area (Å²) in [4.78, 5) is 17.7. The van der Waals surface area contributed by atoms with Crippen molar-refractivity contribution in [3.05, 3.63) is 46.5 Å². The molecule has 0 aliphatic carbocycles. The number of alkyl halides is 3. The Kier molecular flexibility index (Phi) is 3.28. The molecule has 0 amide bonds. The maximum Gasteiger partial charge on any atom is 0.573 e. The van der Waals surface area contributed by atoms with E-state index in [0.717, 1.165) is 6.33 Å². The Morgan fingerprint density at radius 1 is 1.26 bits per heavy atom. The largest absolute Gasteiger partial charge is 0.573 e. The molecule has 0 unspecified atom stereocenters. The van der Waals surface area contributed by atoms with Crippen LogP contribution in [0.1, 0.15) is 5.56 Å². The second-order valence-electron chi connectivity index (χ2n) is 3.75. The smallest absolute Gasteiger partial charge is 0.405 e. The van der Waals surface area contributed by atoms with Crippen molar-refractivity contribution < 1.29 is 17.9 Å². The van der Waals surface area contributed by atoms with E-state index in [1.165, 1.54) is 25.1 Å². The van der Waals surface area contributed by atoms with Crippen LogP contribution in [0, 0.1) is 6.92 Å². The number of aromatic amines is 1. The van der Waals surface area contributed by atoms with Gasteiger partial charge in [-0.25, -0.2) is 4.98 Å². The van der Waals surface area contributed by atoms with Crippen LogP contribution in [0.2, 0.25) is 0 Å². The van der Waals surface area contributed by atoms with Gasteiger partial charge in [0.05, 0.1) is 12.0 Å². The molecule has 1 N–H and O–H groups in total. The average molecular weight is 270 g/mol. The summed E-state index contributed by atoms with van der Waals surface area (Å²) < 4.78 is 40.8. The monoisotopic (exact) mass is 270 g/mol. The zero-order valence-electron chi connectivity index (χ0n) is 9.78. The molecule has 1 aromatic heterocycles. The lowest BCUT2D eigenvalue weighted by Gasteiger charge is -2.13. The van der Waals surface area contributed by atoms with E-state index in [2.05, 4.69) is 14.7 Å². The second-order valence-corrected chi connectivity index (χ2v) is 3.75. The highest BCUT2D eigenvalue weighted by molar-refractivity contribution is 5.69. The lowest BCUT2D eigenvalue weighted by molar-refractivity contribution is -0.274. The molecule has 7 heteroatoms. The average Bonchev–Trinajstić information content (AvgIpc) is 2.32. The summed E-state index contributed by atoms with van der Waals surface area (Å²) in [5.74, 6) is -0.392. The Bertz CT molecular complexity index is 650. The number of halogens is 3. The SMILES string of the molecule is Cc1c(-c2ccccc2OC(F)(F)F)nc[nH]c1=O. The third kappa shape index (κ3) is 2.93. The van der Waals surface area contributed by atoms with E-state index in [0.29, 0.717) is 0 Å². The number of hydrogen-bond acceptors (Lipinski definition) is 3. The highest BCUT2D eigenvalue weighted by Crippen LogP contribution is 2.33. The Morgan fingerprint density at radius 3 is 2.63 bits per heavy atom. The third-order valence-corrected chi connectivity index (χ3v) is 2.45. The molecule has 19 heavy (non-hydrogen) atoms. The minimum absolute atomic E-state index is 0.114. The predicted molar refractivity (Wildman–Crippen MR) is 61.7 cm³/mol. The molecular formula is C12H9F3N2O2. The molecule has 100 valence electrons. The van der Waals surface area contributed by atoms with E-state index < -0.39 is 17.7 Å². The lowest BCUT2D eigenvalue weighted by Crippen LogP contribution is -2.18. The zero-order chi connectivity index (χ0) is 14.0. The fourth-order valence-electron chi connectivity index (χ4n) is 1.62. The molecule has 0 atom stereocenters. The quantitative estimate of drug-likeness (QED) is 0.912. The predicted octanol–water partition coefficient (Wildman–Crippen LogP) is 2.64. The number of para-hydroxylation sites is 1. The van der Waals surface area contributed by atoms with Crippen LogP contribution in [0.3, 0.4) is 0 Å². The van der Waals surface area contributed by atoms with Crippen LogP contribution in [-0.2, 0) is 0 Å². The summed E-state index contributed by atoms with van der Waals surface area (Å²) in [7, 11) is 0. The summed E-state index contributed by atoms with van der Waals surface area (Å²) in [6, 6.07) is 5.54. The maximum atomic E-state index is 12.3. The Balaban J connectivity index is 2.57. The number of nitrogens with zero attached hydrogens (tertiary/aromatic N) is 1. The van der Waals surface area contributed by atoms with E-state index in [9.17, 15) is 18.0 Å². The molecule has 1 heterocycles. The van der Waals surface area contributed by atoms with E-state index in [4.69, 9.17) is 0 Å². The van der Waals surface area contributed by atoms with Crippen LogP contribution in [0.25, 0.3) is 11.3 Å². The number of H-pyrrole nitrogens is 1. The minimum atomic E-state index is -4.80. The molecule has 4 nitrogen and oxygen atoms in total. The lowest BCUT2D eigenvalue weighted by atomic mass is 10.1. The molecule has 0 fully saturated rings. The third-order valence-electron chi connectivity index (χ3n) is 2.45. The van der Waals surface area contributed by atoms with Crippen molar-refractivity contribution in [1.82, 2.24) is 9.97 Å². The van der Waals surface area contributed by atoms with Crippen LogP contribution in [-0.4, -0.2) is 16.3 Å². The number of nitrogens with one attached hydrogen (secondary N) is 1. The first kappa shape index (κ1) is 13.1. The van der Waals surface area contributed by atoms with Crippen LogP contribution >= 0.6 is 0 Å². The van der Waals surface area contributed by atoms with Crippen molar-refractivity contribution in [3.63, 3.8) is 0 Å². The van der Waals surface area contributed by atoms with Crippen molar-refractivity contribution in [1.29, 1.82) is 0 Å². The van der Waals surface area contributed by atoms with Crippen molar-refractivity contribution in [2.75, 3.05) is 0 Å². The summed E-state index contributed by atoms with van der Waals surface area (Å²) in [5, 5.41) is 0. The van der Waals surface area contributed by atoms with E-state index in [-0.39, 0.29) is 16.8 Å². The standard InChI is InChI=1S/C12H9F3N2O2/c1-7-10(16-6-17-11(7)18)8-4-2-3-5-9(8)19-12(13,14)15/h2-6H,1H3,(H,16,17,18). The summed E-state index contributed by atoms with van der Waals surface area (Å²) in [6.45, 7) is 1.48. The maximum absolute atomic E-state index is 12.3. The van der Waals surface area contributed by atoms with Crippen molar-refractivity contribution in [2.45, 2.75) is 13.3 Å². The van der Waals surface area contributed by atoms with E-state index in [1.54, 1.807) is 6.07 Å². The van der Waals surface area contributed by atoms with Gasteiger partial charge >= 0.3 is 6.36 Å². The fourth-order valence-corrected chi connectivity index (χ4v) is 1.62. The van der Waals surface area contributed by atoms with Gasteiger partial charge in [0.25, 0.3) is 5.56 Å². The fraction of sp³-hybridized carbons (Fsp3) is 0.167. The van der Waals surface area contributed by atoms with Crippen molar-refractivity contribution in [3.8, 4) is 17.0 Å². The van der Waals surface area contributed by atoms with Gasteiger partial charge in [-0.1, -0.05) is 12.1 Å². The van der Waals surface area contributed by atoms with Gasteiger partial charge in [0.15, 0.2) is 0 Å².